The summed E-state index contributed by atoms with van der Waals surface area (Å²) in [5.74, 6) is -0.0380. The Balaban J connectivity index is 1.12. The maximum Gasteiger partial charge on any atom is 0.410 e. The third-order valence-electron chi connectivity index (χ3n) is 10.5. The predicted octanol–water partition coefficient (Wildman–Crippen LogP) is 8.06. The van der Waals surface area contributed by atoms with Gasteiger partial charge in [0.15, 0.2) is 5.82 Å². The first kappa shape index (κ1) is 35.4. The fraction of sp³-hybridized carbons (Fsp3) is 0.381. The molecule has 3 aliphatic heterocycles. The third kappa shape index (κ3) is 7.04. The lowest BCUT2D eigenvalue weighted by Gasteiger charge is -2.42. The minimum Gasteiger partial charge on any atom is -0.508 e. The lowest BCUT2D eigenvalue weighted by Crippen LogP contribution is -2.57. The fourth-order valence-corrected chi connectivity index (χ4v) is 8.07. The van der Waals surface area contributed by atoms with Gasteiger partial charge in [0.25, 0.3) is 0 Å². The van der Waals surface area contributed by atoms with Crippen molar-refractivity contribution >= 4 is 39.7 Å². The zero-order valence-electron chi connectivity index (χ0n) is 30.7. The molecular weight excluding hydrogens is 689 g/mol. The molecule has 12 heteroatoms. The van der Waals surface area contributed by atoms with Gasteiger partial charge in [0, 0.05) is 30.6 Å². The standard InChI is InChI=1S/C42H44FN5O6/c1-42(2,3)54-41(51)48-28-15-16-29(48)23-46(22-28)38-34-18-17-33(35-21-31(49)20-27-12-7-8-14-32(27)35)36(43)37(34)44-39(45-38)52-25-30-13-9-19-47(30)40(50)53-24-26-10-5-4-6-11-26/h4-8,10-12,14,17-18,20-21,28-30,49H,9,13,15-16,19,22-25H2,1-3H3/t28?,29?,30-/m0/s1. The smallest absolute Gasteiger partial charge is 0.410 e. The zero-order chi connectivity index (χ0) is 37.6. The highest BCUT2D eigenvalue weighted by Crippen LogP contribution is 2.40. The minimum absolute atomic E-state index is 0.0132. The summed E-state index contributed by atoms with van der Waals surface area (Å²) in [7, 11) is 0. The van der Waals surface area contributed by atoms with Gasteiger partial charge >= 0.3 is 18.2 Å². The number of carbonyl (C=O) groups excluding carboxylic acids is 2. The molecule has 0 radical (unpaired) electrons. The second-order valence-corrected chi connectivity index (χ2v) is 15.4. The maximum atomic E-state index is 17.0. The van der Waals surface area contributed by atoms with Crippen LogP contribution in [-0.2, 0) is 16.1 Å². The molecule has 0 spiro atoms. The number of aromatic nitrogens is 2. The molecule has 8 rings (SSSR count). The summed E-state index contributed by atoms with van der Waals surface area (Å²) in [5, 5.41) is 12.7. The van der Waals surface area contributed by atoms with Crippen molar-refractivity contribution in [3.8, 4) is 22.9 Å². The summed E-state index contributed by atoms with van der Waals surface area (Å²) < 4.78 is 34.6. The number of anilines is 1. The van der Waals surface area contributed by atoms with Crippen molar-refractivity contribution in [3.05, 3.63) is 90.2 Å². The number of phenolic OH excluding ortho intramolecular Hbond substituents is 1. The van der Waals surface area contributed by atoms with Gasteiger partial charge in [-0.25, -0.2) is 14.0 Å². The molecule has 280 valence electrons. The molecule has 3 saturated heterocycles. The monoisotopic (exact) mass is 733 g/mol. The van der Waals surface area contributed by atoms with Gasteiger partial charge in [0.1, 0.15) is 35.9 Å². The lowest BCUT2D eigenvalue weighted by molar-refractivity contribution is 0.0122. The number of piperazine rings is 1. The second-order valence-electron chi connectivity index (χ2n) is 15.4. The van der Waals surface area contributed by atoms with Crippen LogP contribution in [0.5, 0.6) is 11.8 Å². The molecular formula is C42H44FN5O6. The highest BCUT2D eigenvalue weighted by molar-refractivity contribution is 6.01. The summed E-state index contributed by atoms with van der Waals surface area (Å²) in [5.41, 5.74) is 1.17. The number of benzene rings is 4. The average Bonchev–Trinajstić information content (AvgIpc) is 3.73. The van der Waals surface area contributed by atoms with Crippen molar-refractivity contribution in [2.24, 2.45) is 0 Å². The first-order valence-corrected chi connectivity index (χ1v) is 18.6. The number of nitrogens with zero attached hydrogens (tertiary/aromatic N) is 5. The molecule has 3 aliphatic rings. The molecule has 5 aromatic rings. The topological polar surface area (TPSA) is 118 Å². The summed E-state index contributed by atoms with van der Waals surface area (Å²) in [4.78, 5) is 41.5. The van der Waals surface area contributed by atoms with E-state index in [-0.39, 0.29) is 60.3 Å². The molecule has 1 aromatic heterocycles. The molecule has 1 N–H and O–H groups in total. The Morgan fingerprint density at radius 2 is 1.61 bits per heavy atom. The minimum atomic E-state index is -0.619. The lowest BCUT2D eigenvalue weighted by atomic mass is 9.96. The van der Waals surface area contributed by atoms with Crippen LogP contribution in [0.1, 0.15) is 52.0 Å². The van der Waals surface area contributed by atoms with E-state index in [0.717, 1.165) is 35.6 Å². The second kappa shape index (κ2) is 14.3. The summed E-state index contributed by atoms with van der Waals surface area (Å²) in [6.07, 6.45) is 2.38. The van der Waals surface area contributed by atoms with Crippen LogP contribution in [0.4, 0.5) is 19.8 Å². The zero-order valence-corrected chi connectivity index (χ0v) is 30.7. The molecule has 54 heavy (non-hydrogen) atoms. The van der Waals surface area contributed by atoms with Gasteiger partial charge in [-0.3, -0.25) is 4.90 Å². The summed E-state index contributed by atoms with van der Waals surface area (Å²) in [6.45, 7) is 7.33. The van der Waals surface area contributed by atoms with Crippen LogP contribution in [-0.4, -0.2) is 87.0 Å². The van der Waals surface area contributed by atoms with E-state index < -0.39 is 17.5 Å². The van der Waals surface area contributed by atoms with Crippen LogP contribution in [0, 0.1) is 5.82 Å². The highest BCUT2D eigenvalue weighted by Gasteiger charge is 2.45. The number of ether oxygens (including phenoxy) is 3. The molecule has 3 fully saturated rings. The summed E-state index contributed by atoms with van der Waals surface area (Å²) >= 11 is 0. The molecule has 3 atom stereocenters. The fourth-order valence-electron chi connectivity index (χ4n) is 8.07. The van der Waals surface area contributed by atoms with Crippen molar-refractivity contribution in [1.82, 2.24) is 19.8 Å². The van der Waals surface area contributed by atoms with E-state index in [1.165, 1.54) is 0 Å². The number of rotatable bonds is 7. The Morgan fingerprint density at radius 3 is 2.37 bits per heavy atom. The van der Waals surface area contributed by atoms with Crippen molar-refractivity contribution in [3.63, 3.8) is 0 Å². The summed E-state index contributed by atoms with van der Waals surface area (Å²) in [6, 6.07) is 23.3. The van der Waals surface area contributed by atoms with Gasteiger partial charge in [-0.15, -0.1) is 0 Å². The Bertz CT molecular complexity index is 2200. The number of hydrogen-bond donors (Lipinski definition) is 1. The van der Waals surface area contributed by atoms with Gasteiger partial charge in [-0.1, -0.05) is 60.7 Å². The van der Waals surface area contributed by atoms with Crippen LogP contribution >= 0.6 is 0 Å². The van der Waals surface area contributed by atoms with E-state index in [1.54, 1.807) is 23.1 Å². The number of aromatic hydroxyl groups is 1. The Kier molecular flexibility index (Phi) is 9.37. The van der Waals surface area contributed by atoms with Crippen molar-refractivity contribution in [2.45, 2.75) is 76.8 Å². The number of likely N-dealkylation sites (tertiary alicyclic amines) is 1. The van der Waals surface area contributed by atoms with E-state index in [1.807, 2.05) is 86.3 Å². The van der Waals surface area contributed by atoms with Gasteiger partial charge in [-0.2, -0.15) is 9.97 Å². The molecule has 2 amide bonds. The van der Waals surface area contributed by atoms with Crippen LogP contribution in [0.3, 0.4) is 0 Å². The predicted molar refractivity (Wildman–Crippen MR) is 203 cm³/mol. The molecule has 11 nitrogen and oxygen atoms in total. The number of halogens is 1. The first-order valence-electron chi connectivity index (χ1n) is 18.6. The third-order valence-corrected chi connectivity index (χ3v) is 10.5. The van der Waals surface area contributed by atoms with Gasteiger partial charge in [0.05, 0.1) is 18.1 Å². The van der Waals surface area contributed by atoms with Crippen LogP contribution < -0.4 is 9.64 Å². The Labute approximate surface area is 313 Å². The van der Waals surface area contributed by atoms with Crippen molar-refractivity contribution < 1.29 is 33.3 Å². The van der Waals surface area contributed by atoms with Gasteiger partial charge < -0.3 is 29.1 Å². The first-order chi connectivity index (χ1) is 26.0. The molecule has 2 unspecified atom stereocenters. The Hall–Kier alpha value is -5.65. The molecule has 2 bridgehead atoms. The van der Waals surface area contributed by atoms with E-state index in [9.17, 15) is 14.7 Å². The Morgan fingerprint density at radius 1 is 0.870 bits per heavy atom. The van der Waals surface area contributed by atoms with E-state index in [2.05, 4.69) is 9.88 Å². The van der Waals surface area contributed by atoms with Crippen molar-refractivity contribution in [2.75, 3.05) is 31.1 Å². The highest BCUT2D eigenvalue weighted by atomic mass is 19.1. The number of fused-ring (bicyclic) bond motifs is 4. The quantitative estimate of drug-likeness (QED) is 0.177. The van der Waals surface area contributed by atoms with E-state index in [4.69, 9.17) is 19.2 Å². The van der Waals surface area contributed by atoms with Crippen LogP contribution in [0.15, 0.2) is 78.9 Å². The average molecular weight is 734 g/mol. The molecule has 4 aromatic carbocycles. The number of carbonyl (C=O) groups is 2. The van der Waals surface area contributed by atoms with Crippen molar-refractivity contribution in [1.29, 1.82) is 0 Å². The number of hydrogen-bond acceptors (Lipinski definition) is 9. The molecule has 4 heterocycles. The SMILES string of the molecule is CC(C)(C)OC(=O)N1C2CCC1CN(c1nc(OC[C@@H]3CCCN3C(=O)OCc3ccccc3)nc3c(F)c(-c4cc(O)cc5ccccc45)ccc13)C2. The van der Waals surface area contributed by atoms with Gasteiger partial charge in [-0.05, 0) is 86.6 Å². The van der Waals surface area contributed by atoms with Crippen LogP contribution in [0.25, 0.3) is 32.8 Å². The van der Waals surface area contributed by atoms with Crippen LogP contribution in [0.2, 0.25) is 0 Å². The largest absolute Gasteiger partial charge is 0.508 e. The van der Waals surface area contributed by atoms with E-state index >= 15 is 4.39 Å². The normalized spacial score (nSPS) is 19.8. The molecule has 0 saturated carbocycles. The van der Waals surface area contributed by atoms with E-state index in [0.29, 0.717) is 42.8 Å². The molecule has 0 aliphatic carbocycles. The number of phenols is 1. The maximum absolute atomic E-state index is 17.0. The van der Waals surface area contributed by atoms with Gasteiger partial charge in [0.2, 0.25) is 0 Å². The number of amides is 2.